The second kappa shape index (κ2) is 7.16. The zero-order valence-corrected chi connectivity index (χ0v) is 15.6. The molecule has 1 aromatic heterocycles. The number of anilines is 1. The standard InChI is InChI=1S/C18H25N7O2/c1-22(10-13-3-4-13)15-5-6-18(27)25(21-15)11-16(26)20-14-7-8-24-17(9-14)23(2)12-19-24/h5-9,13,17,19H,3-4,10-12H2,1-2H3,(H,20,26). The Kier molecular flexibility index (Phi) is 4.71. The molecule has 1 unspecified atom stereocenters. The first-order valence-electron chi connectivity index (χ1n) is 9.21. The quantitative estimate of drug-likeness (QED) is 0.707. The normalized spacial score (nSPS) is 21.8. The highest BCUT2D eigenvalue weighted by molar-refractivity contribution is 5.78. The number of fused-ring (bicyclic) bond motifs is 1. The van der Waals surface area contributed by atoms with Crippen molar-refractivity contribution in [2.75, 3.05) is 32.2 Å². The molecule has 2 aliphatic heterocycles. The van der Waals surface area contributed by atoms with Gasteiger partial charge < -0.3 is 10.2 Å². The fourth-order valence-electron chi connectivity index (χ4n) is 3.27. The lowest BCUT2D eigenvalue weighted by Gasteiger charge is -2.26. The summed E-state index contributed by atoms with van der Waals surface area (Å²) < 4.78 is 1.22. The molecule has 3 aliphatic rings. The van der Waals surface area contributed by atoms with Crippen molar-refractivity contribution in [2.24, 2.45) is 5.92 Å². The lowest BCUT2D eigenvalue weighted by atomic mass is 10.2. The van der Waals surface area contributed by atoms with Crippen molar-refractivity contribution in [3.05, 3.63) is 46.5 Å². The summed E-state index contributed by atoms with van der Waals surface area (Å²) in [6.45, 7) is 1.55. The fourth-order valence-corrected chi connectivity index (χ4v) is 3.27. The van der Waals surface area contributed by atoms with Crippen LogP contribution in [0.4, 0.5) is 5.82 Å². The second-order valence-corrected chi connectivity index (χ2v) is 7.39. The van der Waals surface area contributed by atoms with Crippen molar-refractivity contribution >= 4 is 11.7 Å². The molecule has 1 aliphatic carbocycles. The van der Waals surface area contributed by atoms with Gasteiger partial charge in [-0.2, -0.15) is 5.10 Å². The summed E-state index contributed by atoms with van der Waals surface area (Å²) in [5, 5.41) is 9.19. The highest BCUT2D eigenvalue weighted by atomic mass is 16.2. The number of nitrogens with zero attached hydrogens (tertiary/aromatic N) is 5. The summed E-state index contributed by atoms with van der Waals surface area (Å²) in [6, 6.07) is 3.18. The monoisotopic (exact) mass is 371 g/mol. The van der Waals surface area contributed by atoms with Crippen LogP contribution in [0.3, 0.4) is 0 Å². The van der Waals surface area contributed by atoms with Crippen molar-refractivity contribution < 1.29 is 4.79 Å². The molecule has 0 spiro atoms. The molecule has 1 amide bonds. The molecule has 144 valence electrons. The average Bonchev–Trinajstić information content (AvgIpc) is 3.38. The van der Waals surface area contributed by atoms with E-state index in [-0.39, 0.29) is 24.2 Å². The minimum atomic E-state index is -0.284. The van der Waals surface area contributed by atoms with Gasteiger partial charge in [0, 0.05) is 31.6 Å². The Morgan fingerprint density at radius 2 is 2.22 bits per heavy atom. The van der Waals surface area contributed by atoms with E-state index in [9.17, 15) is 9.59 Å². The molecule has 1 saturated heterocycles. The summed E-state index contributed by atoms with van der Waals surface area (Å²) in [4.78, 5) is 28.7. The van der Waals surface area contributed by atoms with E-state index in [1.165, 1.54) is 23.6 Å². The van der Waals surface area contributed by atoms with Crippen LogP contribution in [0.15, 0.2) is 41.0 Å². The first kappa shape index (κ1) is 17.7. The van der Waals surface area contributed by atoms with Crippen LogP contribution in [0.1, 0.15) is 12.8 Å². The minimum absolute atomic E-state index is 0.0607. The van der Waals surface area contributed by atoms with Gasteiger partial charge in [0.25, 0.3) is 5.56 Å². The maximum absolute atomic E-state index is 12.4. The highest BCUT2D eigenvalue weighted by Gasteiger charge is 2.27. The van der Waals surface area contributed by atoms with Crippen LogP contribution >= 0.6 is 0 Å². The minimum Gasteiger partial charge on any atom is -0.358 e. The molecule has 0 radical (unpaired) electrons. The van der Waals surface area contributed by atoms with E-state index >= 15 is 0 Å². The number of nitrogens with one attached hydrogen (secondary N) is 2. The van der Waals surface area contributed by atoms with Crippen LogP contribution < -0.4 is 21.2 Å². The van der Waals surface area contributed by atoms with E-state index in [1.54, 1.807) is 6.07 Å². The molecule has 9 heteroatoms. The van der Waals surface area contributed by atoms with Crippen molar-refractivity contribution in [2.45, 2.75) is 25.6 Å². The molecule has 4 rings (SSSR count). The molecule has 1 saturated carbocycles. The SMILES string of the molecule is CN(CC1CC1)c1ccc(=O)n(CC(=O)NC2=CC3N(C)CNN3C=C2)n1. The van der Waals surface area contributed by atoms with E-state index in [2.05, 4.69) is 20.7 Å². The zero-order valence-electron chi connectivity index (χ0n) is 15.6. The lowest BCUT2D eigenvalue weighted by molar-refractivity contribution is -0.121. The number of hydrazine groups is 1. The Morgan fingerprint density at radius 1 is 1.41 bits per heavy atom. The molecule has 9 nitrogen and oxygen atoms in total. The number of carbonyl (C=O) groups excluding carboxylic acids is 1. The van der Waals surface area contributed by atoms with Crippen molar-refractivity contribution in [1.82, 2.24) is 30.4 Å². The first-order valence-corrected chi connectivity index (χ1v) is 9.21. The molecular formula is C18H25N7O2. The maximum atomic E-state index is 12.4. The third-order valence-electron chi connectivity index (χ3n) is 5.03. The van der Waals surface area contributed by atoms with Gasteiger partial charge in [-0.1, -0.05) is 0 Å². The van der Waals surface area contributed by atoms with E-state index < -0.39 is 0 Å². The maximum Gasteiger partial charge on any atom is 0.267 e. The molecule has 27 heavy (non-hydrogen) atoms. The Balaban J connectivity index is 1.41. The van der Waals surface area contributed by atoms with Gasteiger partial charge in [-0.25, -0.2) is 10.1 Å². The number of hydrogen-bond donors (Lipinski definition) is 2. The largest absolute Gasteiger partial charge is 0.358 e. The molecule has 0 bridgehead atoms. The van der Waals surface area contributed by atoms with E-state index in [4.69, 9.17) is 0 Å². The van der Waals surface area contributed by atoms with Crippen LogP contribution in [-0.2, 0) is 11.3 Å². The summed E-state index contributed by atoms with van der Waals surface area (Å²) in [7, 11) is 3.96. The fraction of sp³-hybridized carbons (Fsp3) is 0.500. The van der Waals surface area contributed by atoms with E-state index in [1.807, 2.05) is 42.4 Å². The Bertz CT molecular complexity index is 842. The molecule has 2 N–H and O–H groups in total. The van der Waals surface area contributed by atoms with Gasteiger partial charge in [-0.3, -0.25) is 19.5 Å². The molecule has 1 aromatic rings. The van der Waals surface area contributed by atoms with Gasteiger partial charge in [-0.15, -0.1) is 0 Å². The Labute approximate surface area is 157 Å². The molecule has 2 fully saturated rings. The van der Waals surface area contributed by atoms with Crippen molar-refractivity contribution in [3.8, 4) is 0 Å². The third kappa shape index (κ3) is 4.04. The highest BCUT2D eigenvalue weighted by Crippen LogP contribution is 2.30. The van der Waals surface area contributed by atoms with Crippen LogP contribution in [0.2, 0.25) is 0 Å². The summed E-state index contributed by atoms with van der Waals surface area (Å²) in [5.74, 6) is 1.15. The van der Waals surface area contributed by atoms with Crippen LogP contribution in [0, 0.1) is 5.92 Å². The first-order chi connectivity index (χ1) is 13.0. The Hall–Kier alpha value is -2.65. The van der Waals surface area contributed by atoms with Crippen LogP contribution in [0.25, 0.3) is 0 Å². The summed E-state index contributed by atoms with van der Waals surface area (Å²) >= 11 is 0. The number of amides is 1. The molecule has 1 atom stereocenters. The predicted octanol–water partition coefficient (Wildman–Crippen LogP) is -0.347. The van der Waals surface area contributed by atoms with Gasteiger partial charge in [0.1, 0.15) is 18.5 Å². The van der Waals surface area contributed by atoms with Gasteiger partial charge in [0.05, 0.1) is 6.67 Å². The second-order valence-electron chi connectivity index (χ2n) is 7.39. The van der Waals surface area contributed by atoms with Crippen LogP contribution in [0.5, 0.6) is 0 Å². The number of aromatic nitrogens is 2. The smallest absolute Gasteiger partial charge is 0.267 e. The number of allylic oxidation sites excluding steroid dienone is 1. The molecule has 0 aromatic carbocycles. The predicted molar refractivity (Wildman–Crippen MR) is 101 cm³/mol. The van der Waals surface area contributed by atoms with Crippen molar-refractivity contribution in [1.29, 1.82) is 0 Å². The van der Waals surface area contributed by atoms with Gasteiger partial charge >= 0.3 is 0 Å². The Morgan fingerprint density at radius 3 is 3.00 bits per heavy atom. The molecule has 3 heterocycles. The van der Waals surface area contributed by atoms with E-state index in [0.29, 0.717) is 17.4 Å². The van der Waals surface area contributed by atoms with Crippen LogP contribution in [-0.4, -0.2) is 59.1 Å². The molecular weight excluding hydrogens is 346 g/mol. The number of carbonyl (C=O) groups is 1. The zero-order chi connectivity index (χ0) is 19.0. The van der Waals surface area contributed by atoms with Gasteiger partial charge in [0.15, 0.2) is 0 Å². The summed E-state index contributed by atoms with van der Waals surface area (Å²) in [5.41, 5.74) is 3.65. The topological polar surface area (TPSA) is 85.7 Å². The van der Waals surface area contributed by atoms with E-state index in [0.717, 1.165) is 13.2 Å². The van der Waals surface area contributed by atoms with Crippen molar-refractivity contribution in [3.63, 3.8) is 0 Å². The third-order valence-corrected chi connectivity index (χ3v) is 5.03. The number of rotatable bonds is 6. The number of hydrogen-bond acceptors (Lipinski definition) is 7. The number of likely N-dealkylation sites (N-methyl/N-ethyl adjacent to an activating group) is 1. The van der Waals surface area contributed by atoms with Gasteiger partial charge in [0.2, 0.25) is 5.91 Å². The van der Waals surface area contributed by atoms with Gasteiger partial charge in [-0.05, 0) is 44.0 Å². The summed E-state index contributed by atoms with van der Waals surface area (Å²) in [6.07, 6.45) is 8.24. The lowest BCUT2D eigenvalue weighted by Crippen LogP contribution is -2.39. The average molecular weight is 371 g/mol.